The number of nitrogens with two attached hydrogens (primary N) is 1. The van der Waals surface area contributed by atoms with E-state index in [9.17, 15) is 12.8 Å². The molecule has 0 aliphatic rings. The number of halogens is 1. The van der Waals surface area contributed by atoms with Crippen molar-refractivity contribution < 1.29 is 17.9 Å². The predicted molar refractivity (Wildman–Crippen MR) is 66.9 cm³/mol. The highest BCUT2D eigenvalue weighted by atomic mass is 32.2. The van der Waals surface area contributed by atoms with Crippen molar-refractivity contribution in [1.82, 2.24) is 4.72 Å². The van der Waals surface area contributed by atoms with Crippen LogP contribution in [-0.2, 0) is 10.0 Å². The molecule has 18 heavy (non-hydrogen) atoms. The van der Waals surface area contributed by atoms with Crippen LogP contribution in [-0.4, -0.2) is 26.2 Å². The van der Waals surface area contributed by atoms with Crippen LogP contribution >= 0.6 is 0 Å². The number of aliphatic hydroxyl groups excluding tert-OH is 1. The zero-order valence-electron chi connectivity index (χ0n) is 10.1. The van der Waals surface area contributed by atoms with E-state index < -0.39 is 15.8 Å². The van der Waals surface area contributed by atoms with E-state index in [0.717, 1.165) is 6.07 Å². The Morgan fingerprint density at radius 1 is 1.50 bits per heavy atom. The van der Waals surface area contributed by atoms with E-state index in [-0.39, 0.29) is 23.2 Å². The molecular weight excluding hydrogens is 259 g/mol. The van der Waals surface area contributed by atoms with Crippen molar-refractivity contribution in [2.45, 2.75) is 30.7 Å². The summed E-state index contributed by atoms with van der Waals surface area (Å²) in [6.07, 6.45) is 1.01. The van der Waals surface area contributed by atoms with Crippen LogP contribution in [0.3, 0.4) is 0 Å². The van der Waals surface area contributed by atoms with E-state index in [1.807, 2.05) is 0 Å². The van der Waals surface area contributed by atoms with Gasteiger partial charge in [-0.25, -0.2) is 17.5 Å². The molecule has 0 fully saturated rings. The minimum atomic E-state index is -3.76. The molecule has 7 heteroatoms. The number of rotatable bonds is 6. The zero-order chi connectivity index (χ0) is 13.8. The topological polar surface area (TPSA) is 92.4 Å². The van der Waals surface area contributed by atoms with Gasteiger partial charge in [-0.3, -0.25) is 0 Å². The molecule has 0 bridgehead atoms. The summed E-state index contributed by atoms with van der Waals surface area (Å²) < 4.78 is 39.4. The maximum absolute atomic E-state index is 13.2. The molecule has 0 heterocycles. The Bertz CT molecular complexity index is 505. The fourth-order valence-corrected chi connectivity index (χ4v) is 2.75. The molecule has 0 aliphatic carbocycles. The van der Waals surface area contributed by atoms with Crippen LogP contribution in [0.2, 0.25) is 0 Å². The highest BCUT2D eigenvalue weighted by Gasteiger charge is 2.18. The van der Waals surface area contributed by atoms with Gasteiger partial charge < -0.3 is 10.8 Å². The molecular formula is C11H17FN2O3S. The fourth-order valence-electron chi connectivity index (χ4n) is 1.46. The number of nitrogen functional groups attached to an aromatic ring is 1. The second kappa shape index (κ2) is 6.12. The lowest BCUT2D eigenvalue weighted by atomic mass is 10.2. The van der Waals surface area contributed by atoms with Gasteiger partial charge in [0.25, 0.3) is 0 Å². The first-order chi connectivity index (χ1) is 8.36. The average molecular weight is 276 g/mol. The van der Waals surface area contributed by atoms with Gasteiger partial charge in [0.05, 0.1) is 10.6 Å². The highest BCUT2D eigenvalue weighted by molar-refractivity contribution is 7.89. The van der Waals surface area contributed by atoms with Gasteiger partial charge in [-0.05, 0) is 38.0 Å². The van der Waals surface area contributed by atoms with Crippen molar-refractivity contribution >= 4 is 15.7 Å². The Kier molecular flexibility index (Phi) is 5.06. The van der Waals surface area contributed by atoms with E-state index in [2.05, 4.69) is 4.72 Å². The van der Waals surface area contributed by atoms with Gasteiger partial charge in [-0.1, -0.05) is 0 Å². The van der Waals surface area contributed by atoms with Crippen LogP contribution < -0.4 is 10.5 Å². The summed E-state index contributed by atoms with van der Waals surface area (Å²) in [5, 5.41) is 8.66. The monoisotopic (exact) mass is 276 g/mol. The predicted octanol–water partition coefficient (Wildman–Crippen LogP) is 0.847. The van der Waals surface area contributed by atoms with Crippen LogP contribution in [0.5, 0.6) is 0 Å². The van der Waals surface area contributed by atoms with E-state index >= 15 is 0 Å². The number of sulfonamides is 1. The third-order valence-corrected chi connectivity index (χ3v) is 4.02. The second-order valence-electron chi connectivity index (χ2n) is 4.07. The molecule has 1 unspecified atom stereocenters. The first-order valence-corrected chi connectivity index (χ1v) is 7.03. The molecule has 0 spiro atoms. The minimum absolute atomic E-state index is 0.00255. The van der Waals surface area contributed by atoms with E-state index in [1.165, 1.54) is 12.1 Å². The summed E-state index contributed by atoms with van der Waals surface area (Å²) in [7, 11) is -3.76. The molecule has 5 nitrogen and oxygen atoms in total. The number of aliphatic hydroxyl groups is 1. The summed E-state index contributed by atoms with van der Waals surface area (Å²) in [6, 6.07) is 3.01. The van der Waals surface area contributed by atoms with E-state index in [1.54, 1.807) is 6.92 Å². The maximum atomic E-state index is 13.2. The largest absolute Gasteiger partial charge is 0.396 e. The summed E-state index contributed by atoms with van der Waals surface area (Å²) in [4.78, 5) is -0.162. The van der Waals surface area contributed by atoms with Gasteiger partial charge in [0, 0.05) is 12.6 Å². The molecule has 0 aliphatic heterocycles. The maximum Gasteiger partial charge on any atom is 0.240 e. The van der Waals surface area contributed by atoms with E-state index in [0.29, 0.717) is 12.8 Å². The molecule has 0 saturated carbocycles. The second-order valence-corrected chi connectivity index (χ2v) is 5.79. The molecule has 0 aromatic heterocycles. The van der Waals surface area contributed by atoms with Crippen molar-refractivity contribution in [3.05, 3.63) is 24.0 Å². The van der Waals surface area contributed by atoms with Gasteiger partial charge in [-0.15, -0.1) is 0 Å². The molecule has 0 amide bonds. The van der Waals surface area contributed by atoms with Crippen molar-refractivity contribution in [2.24, 2.45) is 0 Å². The third-order valence-electron chi connectivity index (χ3n) is 2.43. The van der Waals surface area contributed by atoms with Crippen molar-refractivity contribution in [3.63, 3.8) is 0 Å². The molecule has 0 radical (unpaired) electrons. The number of hydrogen-bond acceptors (Lipinski definition) is 4. The van der Waals surface area contributed by atoms with Gasteiger partial charge in [0.2, 0.25) is 10.0 Å². The Balaban J connectivity index is 2.83. The molecule has 102 valence electrons. The minimum Gasteiger partial charge on any atom is -0.396 e. The summed E-state index contributed by atoms with van der Waals surface area (Å²) in [5.74, 6) is -0.763. The van der Waals surface area contributed by atoms with Crippen LogP contribution in [0.1, 0.15) is 19.8 Å². The smallest absolute Gasteiger partial charge is 0.240 e. The highest BCUT2D eigenvalue weighted by Crippen LogP contribution is 2.16. The Morgan fingerprint density at radius 3 is 2.72 bits per heavy atom. The van der Waals surface area contributed by atoms with Crippen LogP contribution in [0.25, 0.3) is 0 Å². The zero-order valence-corrected chi connectivity index (χ0v) is 10.9. The summed E-state index contributed by atoms with van der Waals surface area (Å²) in [5.41, 5.74) is 5.19. The van der Waals surface area contributed by atoms with Crippen molar-refractivity contribution in [1.29, 1.82) is 0 Å². The molecule has 1 aromatic rings. The first-order valence-electron chi connectivity index (χ1n) is 5.55. The fraction of sp³-hybridized carbons (Fsp3) is 0.455. The Labute approximate surface area is 106 Å². The standard InChI is InChI=1S/C11H17FN2O3S/c1-8(3-2-6-15)14-18(16,17)9-4-5-11(13)10(12)7-9/h4-5,7-8,14-15H,2-3,6,13H2,1H3. The lowest BCUT2D eigenvalue weighted by Gasteiger charge is -2.13. The van der Waals surface area contributed by atoms with Gasteiger partial charge in [-0.2, -0.15) is 0 Å². The van der Waals surface area contributed by atoms with Gasteiger partial charge in [0.1, 0.15) is 5.82 Å². The molecule has 1 aromatic carbocycles. The van der Waals surface area contributed by atoms with Gasteiger partial charge in [0.15, 0.2) is 0 Å². The molecule has 1 atom stereocenters. The third kappa shape index (κ3) is 3.94. The average Bonchev–Trinajstić information content (AvgIpc) is 2.29. The quantitative estimate of drug-likeness (QED) is 0.671. The first kappa shape index (κ1) is 14.9. The lowest BCUT2D eigenvalue weighted by molar-refractivity contribution is 0.279. The lowest BCUT2D eigenvalue weighted by Crippen LogP contribution is -2.32. The molecule has 0 saturated heterocycles. The Morgan fingerprint density at radius 2 is 2.17 bits per heavy atom. The number of nitrogens with one attached hydrogen (secondary N) is 1. The SMILES string of the molecule is CC(CCCO)NS(=O)(=O)c1ccc(N)c(F)c1. The Hall–Kier alpha value is -1.18. The van der Waals surface area contributed by atoms with Crippen molar-refractivity contribution in [2.75, 3.05) is 12.3 Å². The van der Waals surface area contributed by atoms with Crippen LogP contribution in [0.15, 0.2) is 23.1 Å². The summed E-state index contributed by atoms with van der Waals surface area (Å²) in [6.45, 7) is 1.68. The van der Waals surface area contributed by atoms with Crippen LogP contribution in [0, 0.1) is 5.82 Å². The van der Waals surface area contributed by atoms with Crippen LogP contribution in [0.4, 0.5) is 10.1 Å². The van der Waals surface area contributed by atoms with Crippen molar-refractivity contribution in [3.8, 4) is 0 Å². The number of hydrogen-bond donors (Lipinski definition) is 3. The summed E-state index contributed by atoms with van der Waals surface area (Å²) >= 11 is 0. The molecule has 4 N–H and O–H groups in total. The number of benzene rings is 1. The normalized spacial score (nSPS) is 13.5. The molecule has 1 rings (SSSR count). The van der Waals surface area contributed by atoms with Gasteiger partial charge >= 0.3 is 0 Å². The number of anilines is 1. The van der Waals surface area contributed by atoms with E-state index in [4.69, 9.17) is 10.8 Å².